The van der Waals surface area contributed by atoms with Crippen LogP contribution in [0.2, 0.25) is 0 Å². The molecule has 0 saturated carbocycles. The number of rotatable bonds is 5. The highest BCUT2D eigenvalue weighted by molar-refractivity contribution is 5.99. The minimum atomic E-state index is -1.24. The second-order valence-electron chi connectivity index (χ2n) is 3.83. The van der Waals surface area contributed by atoms with Gasteiger partial charge in [0.05, 0.1) is 12.6 Å². The van der Waals surface area contributed by atoms with Crippen LogP contribution in [0.4, 0.5) is 5.69 Å². The number of ketones is 1. The number of aliphatic hydroxyl groups is 2. The molecule has 0 radical (unpaired) electrons. The number of azide groups is 1. The number of hydrogen-bond acceptors (Lipinski definition) is 5. The molecule has 0 heterocycles. The average molecular weight is 250 g/mol. The van der Waals surface area contributed by atoms with E-state index in [2.05, 4.69) is 10.0 Å². The van der Waals surface area contributed by atoms with Crippen molar-refractivity contribution in [3.8, 4) is 0 Å². The SMILES string of the molecule is CC(=O)c1cc(C(O)C(O)CN=[N+]=[N-])ccc1N. The largest absolute Gasteiger partial charge is 0.398 e. The Balaban J connectivity index is 2.99. The topological polar surface area (TPSA) is 132 Å². The van der Waals surface area contributed by atoms with Crippen molar-refractivity contribution < 1.29 is 15.0 Å². The number of anilines is 1. The van der Waals surface area contributed by atoms with Crippen LogP contribution in [0.1, 0.15) is 28.9 Å². The van der Waals surface area contributed by atoms with E-state index in [0.29, 0.717) is 11.3 Å². The maximum Gasteiger partial charge on any atom is 0.161 e. The van der Waals surface area contributed by atoms with Crippen molar-refractivity contribution in [1.29, 1.82) is 0 Å². The zero-order valence-corrected chi connectivity index (χ0v) is 9.82. The molecular formula is C11H14N4O3. The van der Waals surface area contributed by atoms with Crippen LogP contribution in [-0.2, 0) is 0 Å². The van der Waals surface area contributed by atoms with Gasteiger partial charge in [-0.05, 0) is 30.2 Å². The highest BCUT2D eigenvalue weighted by Gasteiger charge is 2.19. The Bertz CT molecular complexity index is 497. The summed E-state index contributed by atoms with van der Waals surface area (Å²) in [5.41, 5.74) is 14.7. The fourth-order valence-electron chi connectivity index (χ4n) is 1.50. The number of aliphatic hydroxyl groups excluding tert-OH is 2. The summed E-state index contributed by atoms with van der Waals surface area (Å²) in [6, 6.07) is 4.41. The third-order valence-electron chi connectivity index (χ3n) is 2.49. The lowest BCUT2D eigenvalue weighted by Gasteiger charge is -2.17. The molecule has 0 saturated heterocycles. The van der Waals surface area contributed by atoms with Crippen molar-refractivity contribution in [2.75, 3.05) is 12.3 Å². The van der Waals surface area contributed by atoms with Crippen LogP contribution in [0.15, 0.2) is 23.3 Å². The van der Waals surface area contributed by atoms with Gasteiger partial charge in [-0.25, -0.2) is 0 Å². The molecule has 2 unspecified atom stereocenters. The predicted octanol–water partition coefficient (Wildman–Crippen LogP) is 1.18. The first-order chi connectivity index (χ1) is 8.47. The Kier molecular flexibility index (Phi) is 4.67. The zero-order valence-electron chi connectivity index (χ0n) is 9.82. The van der Waals surface area contributed by atoms with Gasteiger partial charge in [0.2, 0.25) is 0 Å². The summed E-state index contributed by atoms with van der Waals surface area (Å²) in [7, 11) is 0. The molecule has 1 aromatic rings. The molecule has 0 aliphatic carbocycles. The van der Waals surface area contributed by atoms with Crippen LogP contribution in [0, 0.1) is 0 Å². The molecule has 0 fully saturated rings. The Morgan fingerprint density at radius 1 is 1.56 bits per heavy atom. The predicted molar refractivity (Wildman–Crippen MR) is 65.8 cm³/mol. The van der Waals surface area contributed by atoms with Gasteiger partial charge >= 0.3 is 0 Å². The van der Waals surface area contributed by atoms with E-state index in [0.717, 1.165) is 0 Å². The summed E-state index contributed by atoms with van der Waals surface area (Å²) in [5.74, 6) is -0.230. The van der Waals surface area contributed by atoms with Crippen LogP contribution < -0.4 is 5.73 Å². The molecule has 0 aliphatic rings. The van der Waals surface area contributed by atoms with E-state index >= 15 is 0 Å². The first kappa shape index (κ1) is 14.0. The number of carbonyl (C=O) groups excluding carboxylic acids is 1. The molecular weight excluding hydrogens is 236 g/mol. The van der Waals surface area contributed by atoms with Crippen molar-refractivity contribution in [1.82, 2.24) is 0 Å². The maximum atomic E-state index is 11.3. The summed E-state index contributed by atoms with van der Waals surface area (Å²) in [5, 5.41) is 22.6. The fraction of sp³-hybridized carbons (Fsp3) is 0.364. The molecule has 0 aliphatic heterocycles. The van der Waals surface area contributed by atoms with E-state index < -0.39 is 12.2 Å². The summed E-state index contributed by atoms with van der Waals surface area (Å²) in [4.78, 5) is 13.8. The lowest BCUT2D eigenvalue weighted by atomic mass is 9.99. The summed E-state index contributed by atoms with van der Waals surface area (Å²) < 4.78 is 0. The molecule has 7 nitrogen and oxygen atoms in total. The molecule has 96 valence electrons. The van der Waals surface area contributed by atoms with Gasteiger partial charge in [-0.15, -0.1) is 0 Å². The standard InChI is InChI=1S/C11H14N4O3/c1-6(16)8-4-7(2-3-9(8)12)11(18)10(17)5-14-15-13/h2-4,10-11,17-18H,5,12H2,1H3. The maximum absolute atomic E-state index is 11.3. The van der Waals surface area contributed by atoms with Crippen molar-refractivity contribution >= 4 is 11.5 Å². The van der Waals surface area contributed by atoms with Crippen molar-refractivity contribution in [3.05, 3.63) is 39.8 Å². The van der Waals surface area contributed by atoms with Crippen LogP contribution in [-0.4, -0.2) is 28.6 Å². The number of nitrogens with zero attached hydrogens (tertiary/aromatic N) is 3. The number of Topliss-reactive ketones (excluding diaryl/α,β-unsaturated/α-hetero) is 1. The van der Waals surface area contributed by atoms with E-state index in [1.54, 1.807) is 0 Å². The summed E-state index contributed by atoms with van der Waals surface area (Å²) >= 11 is 0. The first-order valence-electron chi connectivity index (χ1n) is 5.24. The third kappa shape index (κ3) is 3.21. The third-order valence-corrected chi connectivity index (χ3v) is 2.49. The Morgan fingerprint density at radius 3 is 2.78 bits per heavy atom. The highest BCUT2D eigenvalue weighted by atomic mass is 16.3. The van der Waals surface area contributed by atoms with Gasteiger partial charge in [0.15, 0.2) is 5.78 Å². The summed E-state index contributed by atoms with van der Waals surface area (Å²) in [6.45, 7) is 1.11. The van der Waals surface area contributed by atoms with E-state index in [-0.39, 0.29) is 17.9 Å². The molecule has 0 bridgehead atoms. The lowest BCUT2D eigenvalue weighted by Crippen LogP contribution is -2.21. The van der Waals surface area contributed by atoms with Gasteiger partial charge < -0.3 is 15.9 Å². The smallest absolute Gasteiger partial charge is 0.161 e. The number of carbonyl (C=O) groups is 1. The Morgan fingerprint density at radius 2 is 2.22 bits per heavy atom. The van der Waals surface area contributed by atoms with Gasteiger partial charge in [0.25, 0.3) is 0 Å². The highest BCUT2D eigenvalue weighted by Crippen LogP contribution is 2.22. The van der Waals surface area contributed by atoms with Crippen molar-refractivity contribution in [2.24, 2.45) is 5.11 Å². The van der Waals surface area contributed by atoms with Crippen molar-refractivity contribution in [3.63, 3.8) is 0 Å². The fourth-order valence-corrected chi connectivity index (χ4v) is 1.50. The van der Waals surface area contributed by atoms with Crippen LogP contribution in [0.25, 0.3) is 10.4 Å². The number of benzene rings is 1. The molecule has 0 aromatic heterocycles. The van der Waals surface area contributed by atoms with E-state index in [4.69, 9.17) is 11.3 Å². The van der Waals surface area contributed by atoms with E-state index in [1.807, 2.05) is 0 Å². The molecule has 18 heavy (non-hydrogen) atoms. The summed E-state index contributed by atoms with van der Waals surface area (Å²) in [6.07, 6.45) is -2.47. The number of nitrogens with two attached hydrogens (primary N) is 1. The molecule has 0 spiro atoms. The first-order valence-corrected chi connectivity index (χ1v) is 5.24. The normalized spacial score (nSPS) is 13.5. The average Bonchev–Trinajstić information content (AvgIpc) is 2.35. The monoisotopic (exact) mass is 250 g/mol. The van der Waals surface area contributed by atoms with Gasteiger partial charge in [0, 0.05) is 16.2 Å². The second kappa shape index (κ2) is 6.02. The molecule has 4 N–H and O–H groups in total. The van der Waals surface area contributed by atoms with Crippen LogP contribution in [0.5, 0.6) is 0 Å². The molecule has 0 amide bonds. The van der Waals surface area contributed by atoms with Crippen LogP contribution in [0.3, 0.4) is 0 Å². The van der Waals surface area contributed by atoms with Gasteiger partial charge in [-0.2, -0.15) is 0 Å². The molecule has 1 rings (SSSR count). The minimum absolute atomic E-state index is 0.230. The minimum Gasteiger partial charge on any atom is -0.398 e. The molecule has 1 aromatic carbocycles. The number of nitrogen functional groups attached to an aromatic ring is 1. The second-order valence-corrected chi connectivity index (χ2v) is 3.83. The van der Waals surface area contributed by atoms with Crippen LogP contribution >= 0.6 is 0 Å². The van der Waals surface area contributed by atoms with Crippen molar-refractivity contribution in [2.45, 2.75) is 19.1 Å². The quantitative estimate of drug-likeness (QED) is 0.238. The zero-order chi connectivity index (χ0) is 13.7. The Hall–Kier alpha value is -2.08. The van der Waals surface area contributed by atoms with E-state index in [9.17, 15) is 15.0 Å². The molecule has 7 heteroatoms. The Labute approximate surface area is 103 Å². The van der Waals surface area contributed by atoms with Gasteiger partial charge in [-0.3, -0.25) is 4.79 Å². The van der Waals surface area contributed by atoms with Gasteiger partial charge in [-0.1, -0.05) is 11.2 Å². The van der Waals surface area contributed by atoms with Gasteiger partial charge in [0.1, 0.15) is 6.10 Å². The lowest BCUT2D eigenvalue weighted by molar-refractivity contribution is 0.0244. The number of hydrogen-bond donors (Lipinski definition) is 3. The van der Waals surface area contributed by atoms with E-state index in [1.165, 1.54) is 25.1 Å². The molecule has 2 atom stereocenters.